The molecule has 9 heteroatoms. The predicted octanol–water partition coefficient (Wildman–Crippen LogP) is 3.76. The molecular formula is C21H27F3N4O2. The van der Waals surface area contributed by atoms with Crippen LogP contribution in [-0.2, 0) is 23.9 Å². The topological polar surface area (TPSA) is 62.5 Å². The third-order valence-electron chi connectivity index (χ3n) is 5.42. The van der Waals surface area contributed by atoms with Gasteiger partial charge in [-0.2, -0.15) is 18.2 Å². The van der Waals surface area contributed by atoms with E-state index in [9.17, 15) is 18.0 Å². The van der Waals surface area contributed by atoms with Crippen molar-refractivity contribution >= 4 is 5.91 Å². The van der Waals surface area contributed by atoms with E-state index in [1.807, 2.05) is 18.7 Å². The predicted molar refractivity (Wildman–Crippen MR) is 104 cm³/mol. The molecule has 3 rings (SSSR count). The molecule has 30 heavy (non-hydrogen) atoms. The smallest absolute Gasteiger partial charge is 0.343 e. The van der Waals surface area contributed by atoms with Crippen LogP contribution in [-0.4, -0.2) is 52.0 Å². The molecule has 0 bridgehead atoms. The number of alkyl halides is 3. The number of aromatic nitrogens is 2. The average Bonchev–Trinajstić information content (AvgIpc) is 3.15. The molecule has 1 aliphatic rings. The van der Waals surface area contributed by atoms with Crippen LogP contribution in [0.1, 0.15) is 49.5 Å². The Hall–Kier alpha value is -2.42. The number of halogens is 3. The monoisotopic (exact) mass is 424 g/mol. The highest BCUT2D eigenvalue weighted by Gasteiger charge is 2.31. The molecule has 2 aromatic rings. The summed E-state index contributed by atoms with van der Waals surface area (Å²) >= 11 is 0. The molecule has 1 aliphatic heterocycles. The van der Waals surface area contributed by atoms with E-state index in [2.05, 4.69) is 15.0 Å². The van der Waals surface area contributed by atoms with Crippen molar-refractivity contribution in [3.05, 3.63) is 47.1 Å². The van der Waals surface area contributed by atoms with Crippen LogP contribution < -0.4 is 0 Å². The quantitative estimate of drug-likeness (QED) is 0.677. The Balaban J connectivity index is 1.60. The third kappa shape index (κ3) is 5.59. The lowest BCUT2D eigenvalue weighted by Crippen LogP contribution is -2.44. The Morgan fingerprint density at radius 2 is 2.07 bits per heavy atom. The second-order valence-corrected chi connectivity index (χ2v) is 7.56. The molecule has 0 spiro atoms. The summed E-state index contributed by atoms with van der Waals surface area (Å²) in [5, 5.41) is 3.91. The molecule has 1 fully saturated rings. The zero-order chi connectivity index (χ0) is 21.7. The summed E-state index contributed by atoms with van der Waals surface area (Å²) in [6, 6.07) is 5.13. The van der Waals surface area contributed by atoms with Gasteiger partial charge in [0.15, 0.2) is 5.82 Å². The Morgan fingerprint density at radius 3 is 2.77 bits per heavy atom. The molecule has 0 saturated carbocycles. The average molecular weight is 424 g/mol. The molecule has 1 amide bonds. The van der Waals surface area contributed by atoms with Crippen molar-refractivity contribution in [3.63, 3.8) is 0 Å². The number of piperidine rings is 1. The number of carbonyl (C=O) groups excluding carboxylic acids is 1. The lowest BCUT2D eigenvalue weighted by molar-refractivity contribution is -0.138. The summed E-state index contributed by atoms with van der Waals surface area (Å²) < 4.78 is 43.9. The first-order chi connectivity index (χ1) is 14.3. The fraction of sp³-hybridized carbons (Fsp3) is 0.571. The van der Waals surface area contributed by atoms with Crippen LogP contribution in [0.4, 0.5) is 13.2 Å². The number of hydrogen-bond acceptors (Lipinski definition) is 5. The van der Waals surface area contributed by atoms with E-state index in [1.165, 1.54) is 6.07 Å². The van der Waals surface area contributed by atoms with Gasteiger partial charge in [0.1, 0.15) is 0 Å². The van der Waals surface area contributed by atoms with Crippen LogP contribution in [0.5, 0.6) is 0 Å². The van der Waals surface area contributed by atoms with Gasteiger partial charge in [-0.05, 0) is 44.9 Å². The Kier molecular flexibility index (Phi) is 7.12. The number of carbonyl (C=O) groups is 1. The van der Waals surface area contributed by atoms with Gasteiger partial charge in [0.25, 0.3) is 0 Å². The molecule has 0 aliphatic carbocycles. The van der Waals surface area contributed by atoms with Crippen molar-refractivity contribution in [2.24, 2.45) is 5.92 Å². The molecule has 164 valence electrons. The number of likely N-dealkylation sites (tertiary alicyclic amines) is 1. The molecule has 2 heterocycles. The minimum absolute atomic E-state index is 0.0360. The van der Waals surface area contributed by atoms with E-state index in [1.54, 1.807) is 6.07 Å². The fourth-order valence-electron chi connectivity index (χ4n) is 3.85. The first-order valence-electron chi connectivity index (χ1n) is 10.3. The molecule has 0 N–H and O–H groups in total. The molecule has 0 radical (unpaired) electrons. The van der Waals surface area contributed by atoms with Gasteiger partial charge in [0, 0.05) is 26.1 Å². The van der Waals surface area contributed by atoms with Gasteiger partial charge >= 0.3 is 6.18 Å². The van der Waals surface area contributed by atoms with Gasteiger partial charge in [-0.3, -0.25) is 9.69 Å². The van der Waals surface area contributed by atoms with Crippen LogP contribution in [0.15, 0.2) is 28.8 Å². The summed E-state index contributed by atoms with van der Waals surface area (Å²) in [7, 11) is 0. The molecular weight excluding hydrogens is 397 g/mol. The van der Waals surface area contributed by atoms with E-state index >= 15 is 0 Å². The van der Waals surface area contributed by atoms with E-state index in [-0.39, 0.29) is 18.2 Å². The highest BCUT2D eigenvalue weighted by molar-refractivity contribution is 5.79. The Bertz CT molecular complexity index is 849. The standard InChI is InChI=1S/C21H27F3N4O2/c1-3-28(4-2)20(29)16-8-6-10-27(13-16)14-19-25-18(26-30-19)12-15-7-5-9-17(11-15)21(22,23)24/h5,7,9,11,16H,3-4,6,8,10,12-14H2,1-2H3/t16-/m0/s1. The van der Waals surface area contributed by atoms with Crippen molar-refractivity contribution in [1.29, 1.82) is 0 Å². The minimum atomic E-state index is -4.38. The number of nitrogens with zero attached hydrogens (tertiary/aromatic N) is 4. The number of benzene rings is 1. The zero-order valence-electron chi connectivity index (χ0n) is 17.3. The van der Waals surface area contributed by atoms with Crippen LogP contribution in [0, 0.1) is 5.92 Å². The van der Waals surface area contributed by atoms with E-state index < -0.39 is 11.7 Å². The fourth-order valence-corrected chi connectivity index (χ4v) is 3.85. The Morgan fingerprint density at radius 1 is 1.30 bits per heavy atom. The third-order valence-corrected chi connectivity index (χ3v) is 5.42. The van der Waals surface area contributed by atoms with Crippen LogP contribution in [0.2, 0.25) is 0 Å². The highest BCUT2D eigenvalue weighted by Crippen LogP contribution is 2.30. The molecule has 1 aromatic carbocycles. The van der Waals surface area contributed by atoms with Crippen LogP contribution >= 0.6 is 0 Å². The highest BCUT2D eigenvalue weighted by atomic mass is 19.4. The first-order valence-corrected chi connectivity index (χ1v) is 10.3. The second-order valence-electron chi connectivity index (χ2n) is 7.56. The largest absolute Gasteiger partial charge is 0.416 e. The van der Waals surface area contributed by atoms with Gasteiger partial charge < -0.3 is 9.42 Å². The van der Waals surface area contributed by atoms with Crippen LogP contribution in [0.25, 0.3) is 0 Å². The maximum absolute atomic E-state index is 12.9. The normalized spacial score (nSPS) is 17.8. The SMILES string of the molecule is CCN(CC)C(=O)[C@H]1CCCN(Cc2nc(Cc3cccc(C(F)(F)F)c3)no2)C1. The van der Waals surface area contributed by atoms with Gasteiger partial charge in [-0.1, -0.05) is 23.4 Å². The summed E-state index contributed by atoms with van der Waals surface area (Å²) in [6.45, 7) is 7.27. The van der Waals surface area contributed by atoms with Gasteiger partial charge in [-0.15, -0.1) is 0 Å². The summed E-state index contributed by atoms with van der Waals surface area (Å²) in [6.07, 6.45) is -2.43. The van der Waals surface area contributed by atoms with E-state index in [4.69, 9.17) is 4.52 Å². The molecule has 0 unspecified atom stereocenters. The summed E-state index contributed by atoms with van der Waals surface area (Å²) in [5.74, 6) is 0.900. The molecule has 1 atom stereocenters. The number of rotatable bonds is 7. The van der Waals surface area contributed by atoms with Gasteiger partial charge in [0.2, 0.25) is 11.8 Å². The van der Waals surface area contributed by atoms with Crippen molar-refractivity contribution in [2.75, 3.05) is 26.2 Å². The molecule has 6 nitrogen and oxygen atoms in total. The van der Waals surface area contributed by atoms with Crippen molar-refractivity contribution < 1.29 is 22.5 Å². The maximum Gasteiger partial charge on any atom is 0.416 e. The maximum atomic E-state index is 12.9. The van der Waals surface area contributed by atoms with Gasteiger partial charge in [0.05, 0.1) is 18.0 Å². The second kappa shape index (κ2) is 9.59. The summed E-state index contributed by atoms with van der Waals surface area (Å²) in [5.41, 5.74) is -0.221. The lowest BCUT2D eigenvalue weighted by Gasteiger charge is -2.33. The summed E-state index contributed by atoms with van der Waals surface area (Å²) in [4.78, 5) is 20.9. The zero-order valence-corrected chi connectivity index (χ0v) is 17.3. The van der Waals surface area contributed by atoms with E-state index in [0.29, 0.717) is 43.5 Å². The van der Waals surface area contributed by atoms with Crippen molar-refractivity contribution in [3.8, 4) is 0 Å². The molecule has 1 aromatic heterocycles. The Labute approximate surface area is 174 Å². The molecule has 1 saturated heterocycles. The number of amides is 1. The number of hydrogen-bond donors (Lipinski definition) is 0. The lowest BCUT2D eigenvalue weighted by atomic mass is 9.96. The van der Waals surface area contributed by atoms with Crippen LogP contribution in [0.3, 0.4) is 0 Å². The van der Waals surface area contributed by atoms with Crippen molar-refractivity contribution in [2.45, 2.75) is 45.8 Å². The first kappa shape index (κ1) is 22.3. The van der Waals surface area contributed by atoms with Gasteiger partial charge in [-0.25, -0.2) is 0 Å². The van der Waals surface area contributed by atoms with Crippen molar-refractivity contribution in [1.82, 2.24) is 19.9 Å². The van der Waals surface area contributed by atoms with E-state index in [0.717, 1.165) is 31.5 Å². The minimum Gasteiger partial charge on any atom is -0.343 e.